The van der Waals surface area contributed by atoms with Gasteiger partial charge in [-0.1, -0.05) is 26.7 Å². The van der Waals surface area contributed by atoms with E-state index in [1.165, 1.54) is 0 Å². The van der Waals surface area contributed by atoms with Crippen LogP contribution in [-0.4, -0.2) is 47.7 Å². The Balaban J connectivity index is 2.11. The van der Waals surface area contributed by atoms with Gasteiger partial charge in [0.25, 0.3) is 0 Å². The Morgan fingerprint density at radius 2 is 1.89 bits per heavy atom. The van der Waals surface area contributed by atoms with E-state index in [0.29, 0.717) is 19.1 Å². The highest BCUT2D eigenvalue weighted by molar-refractivity contribution is 4.81. The van der Waals surface area contributed by atoms with Crippen molar-refractivity contribution in [2.45, 2.75) is 77.2 Å². The lowest BCUT2D eigenvalue weighted by Gasteiger charge is -2.29. The van der Waals surface area contributed by atoms with E-state index in [9.17, 15) is 10.2 Å². The molecule has 0 heterocycles. The third-order valence-corrected chi connectivity index (χ3v) is 3.72. The number of rotatable bonds is 8. The minimum Gasteiger partial charge on any atom is -0.392 e. The van der Waals surface area contributed by atoms with Gasteiger partial charge in [-0.2, -0.15) is 0 Å². The van der Waals surface area contributed by atoms with Crippen LogP contribution in [0.3, 0.4) is 0 Å². The van der Waals surface area contributed by atoms with Gasteiger partial charge < -0.3 is 20.3 Å². The monoisotopic (exact) mass is 273 g/mol. The highest BCUT2D eigenvalue weighted by Crippen LogP contribution is 2.18. The standard InChI is InChI=1S/C15H31NO3/c1-11(2)8-12(3)19-10-13(17)9-16-14-6-4-5-7-15(14)18/h11-18H,4-10H2,1-3H3. The van der Waals surface area contributed by atoms with Crippen molar-refractivity contribution in [2.75, 3.05) is 13.2 Å². The molecule has 4 heteroatoms. The largest absolute Gasteiger partial charge is 0.392 e. The normalized spacial score (nSPS) is 27.5. The van der Waals surface area contributed by atoms with Crippen LogP contribution >= 0.6 is 0 Å². The van der Waals surface area contributed by atoms with Crippen molar-refractivity contribution >= 4 is 0 Å². The Bertz CT molecular complexity index is 235. The average molecular weight is 273 g/mol. The molecule has 1 fully saturated rings. The predicted molar refractivity (Wildman–Crippen MR) is 77.1 cm³/mol. The molecule has 0 aromatic rings. The Hall–Kier alpha value is -0.160. The summed E-state index contributed by atoms with van der Waals surface area (Å²) in [4.78, 5) is 0. The van der Waals surface area contributed by atoms with Crippen LogP contribution in [0.2, 0.25) is 0 Å². The Kier molecular flexibility index (Phi) is 7.91. The van der Waals surface area contributed by atoms with Crippen molar-refractivity contribution < 1.29 is 14.9 Å². The first-order chi connectivity index (χ1) is 8.99. The number of aliphatic hydroxyl groups excluding tert-OH is 2. The smallest absolute Gasteiger partial charge is 0.0897 e. The van der Waals surface area contributed by atoms with Gasteiger partial charge in [0, 0.05) is 12.6 Å². The number of ether oxygens (including phenoxy) is 1. The molecule has 4 atom stereocenters. The molecule has 0 amide bonds. The van der Waals surface area contributed by atoms with Gasteiger partial charge in [0.1, 0.15) is 0 Å². The zero-order valence-corrected chi connectivity index (χ0v) is 12.6. The second-order valence-corrected chi connectivity index (χ2v) is 6.29. The number of hydrogen-bond donors (Lipinski definition) is 3. The molecule has 0 aromatic carbocycles. The van der Waals surface area contributed by atoms with Crippen LogP contribution in [0.1, 0.15) is 52.9 Å². The van der Waals surface area contributed by atoms with Gasteiger partial charge in [-0.3, -0.25) is 0 Å². The summed E-state index contributed by atoms with van der Waals surface area (Å²) in [5.74, 6) is 0.614. The summed E-state index contributed by atoms with van der Waals surface area (Å²) >= 11 is 0. The molecule has 1 aliphatic carbocycles. The summed E-state index contributed by atoms with van der Waals surface area (Å²) in [6.07, 6.45) is 4.58. The third-order valence-electron chi connectivity index (χ3n) is 3.72. The van der Waals surface area contributed by atoms with E-state index in [-0.39, 0.29) is 18.2 Å². The summed E-state index contributed by atoms with van der Waals surface area (Å²) in [5.41, 5.74) is 0. The van der Waals surface area contributed by atoms with Crippen molar-refractivity contribution in [3.63, 3.8) is 0 Å². The van der Waals surface area contributed by atoms with Gasteiger partial charge in [0.05, 0.1) is 24.9 Å². The van der Waals surface area contributed by atoms with Crippen LogP contribution in [0.15, 0.2) is 0 Å². The van der Waals surface area contributed by atoms with Gasteiger partial charge in [0.15, 0.2) is 0 Å². The van der Waals surface area contributed by atoms with E-state index in [1.807, 2.05) is 6.92 Å². The quantitative estimate of drug-likeness (QED) is 0.630. The Labute approximate surface area is 117 Å². The van der Waals surface area contributed by atoms with Crippen LogP contribution < -0.4 is 5.32 Å². The van der Waals surface area contributed by atoms with E-state index in [1.54, 1.807) is 0 Å². The van der Waals surface area contributed by atoms with Gasteiger partial charge >= 0.3 is 0 Å². The molecule has 4 unspecified atom stereocenters. The van der Waals surface area contributed by atoms with Gasteiger partial charge in [-0.15, -0.1) is 0 Å². The molecule has 0 aromatic heterocycles. The second-order valence-electron chi connectivity index (χ2n) is 6.29. The van der Waals surface area contributed by atoms with Crippen LogP contribution in [0.25, 0.3) is 0 Å². The maximum Gasteiger partial charge on any atom is 0.0897 e. The van der Waals surface area contributed by atoms with E-state index >= 15 is 0 Å². The van der Waals surface area contributed by atoms with E-state index in [2.05, 4.69) is 19.2 Å². The highest BCUT2D eigenvalue weighted by atomic mass is 16.5. The summed E-state index contributed by atoms with van der Waals surface area (Å²) in [7, 11) is 0. The number of aliphatic hydroxyl groups is 2. The molecule has 1 aliphatic rings. The predicted octanol–water partition coefficient (Wildman–Crippen LogP) is 1.69. The highest BCUT2D eigenvalue weighted by Gasteiger charge is 2.23. The first-order valence-corrected chi connectivity index (χ1v) is 7.70. The van der Waals surface area contributed by atoms with Crippen LogP contribution in [0.4, 0.5) is 0 Å². The average Bonchev–Trinajstić information content (AvgIpc) is 2.34. The Morgan fingerprint density at radius 3 is 2.53 bits per heavy atom. The number of hydrogen-bond acceptors (Lipinski definition) is 4. The van der Waals surface area contributed by atoms with Crippen molar-refractivity contribution in [3.05, 3.63) is 0 Å². The van der Waals surface area contributed by atoms with E-state index < -0.39 is 6.10 Å². The topological polar surface area (TPSA) is 61.7 Å². The molecule has 114 valence electrons. The van der Waals surface area contributed by atoms with Crippen LogP contribution in [0.5, 0.6) is 0 Å². The van der Waals surface area contributed by atoms with Gasteiger partial charge in [-0.05, 0) is 32.1 Å². The van der Waals surface area contributed by atoms with E-state index in [4.69, 9.17) is 4.74 Å². The van der Waals surface area contributed by atoms with Crippen LogP contribution in [0, 0.1) is 5.92 Å². The minimum atomic E-state index is -0.497. The molecule has 3 N–H and O–H groups in total. The molecule has 0 bridgehead atoms. The van der Waals surface area contributed by atoms with E-state index in [0.717, 1.165) is 32.1 Å². The Morgan fingerprint density at radius 1 is 1.21 bits per heavy atom. The molecule has 19 heavy (non-hydrogen) atoms. The fourth-order valence-electron chi connectivity index (χ4n) is 2.70. The molecular formula is C15H31NO3. The summed E-state index contributed by atoms with van der Waals surface area (Å²) in [6.45, 7) is 7.25. The molecule has 0 spiro atoms. The first kappa shape index (κ1) is 16.9. The lowest BCUT2D eigenvalue weighted by molar-refractivity contribution is -0.0122. The molecule has 1 saturated carbocycles. The maximum absolute atomic E-state index is 9.88. The van der Waals surface area contributed by atoms with Crippen molar-refractivity contribution in [1.29, 1.82) is 0 Å². The minimum absolute atomic E-state index is 0.136. The lowest BCUT2D eigenvalue weighted by atomic mass is 9.92. The first-order valence-electron chi connectivity index (χ1n) is 7.70. The van der Waals surface area contributed by atoms with Gasteiger partial charge in [0.2, 0.25) is 0 Å². The summed E-state index contributed by atoms with van der Waals surface area (Å²) in [6, 6.07) is 0.136. The van der Waals surface area contributed by atoms with Crippen molar-refractivity contribution in [2.24, 2.45) is 5.92 Å². The fraction of sp³-hybridized carbons (Fsp3) is 1.00. The fourth-order valence-corrected chi connectivity index (χ4v) is 2.70. The zero-order valence-electron chi connectivity index (χ0n) is 12.6. The van der Waals surface area contributed by atoms with Gasteiger partial charge in [-0.25, -0.2) is 0 Å². The summed E-state index contributed by atoms with van der Waals surface area (Å²) in [5, 5.41) is 23.0. The number of nitrogens with one attached hydrogen (secondary N) is 1. The molecule has 1 rings (SSSR count). The lowest BCUT2D eigenvalue weighted by Crippen LogP contribution is -2.45. The van der Waals surface area contributed by atoms with Crippen molar-refractivity contribution in [3.8, 4) is 0 Å². The van der Waals surface area contributed by atoms with Crippen LogP contribution in [-0.2, 0) is 4.74 Å². The molecule has 4 nitrogen and oxygen atoms in total. The SMILES string of the molecule is CC(C)CC(C)OCC(O)CNC1CCCCC1O. The summed E-state index contributed by atoms with van der Waals surface area (Å²) < 4.78 is 5.63. The zero-order chi connectivity index (χ0) is 14.3. The van der Waals surface area contributed by atoms with Crippen molar-refractivity contribution in [1.82, 2.24) is 5.32 Å². The maximum atomic E-state index is 9.88. The molecular weight excluding hydrogens is 242 g/mol. The molecule has 0 aliphatic heterocycles. The molecule has 0 saturated heterocycles. The third kappa shape index (κ3) is 7.25. The molecule has 0 radical (unpaired) electrons. The second kappa shape index (κ2) is 8.90.